The van der Waals surface area contributed by atoms with Crippen molar-refractivity contribution < 1.29 is 9.90 Å². The van der Waals surface area contributed by atoms with Crippen molar-refractivity contribution in [1.29, 1.82) is 0 Å². The molecule has 0 saturated heterocycles. The minimum absolute atomic E-state index is 0.140. The second-order valence-corrected chi connectivity index (χ2v) is 5.06. The monoisotopic (exact) mass is 270 g/mol. The van der Waals surface area contributed by atoms with E-state index in [0.29, 0.717) is 6.54 Å². The highest BCUT2D eigenvalue weighted by molar-refractivity contribution is 7.99. The van der Waals surface area contributed by atoms with Crippen molar-refractivity contribution in [2.45, 2.75) is 13.3 Å². The molecule has 1 amide bonds. The Labute approximate surface area is 110 Å². The molecule has 0 spiro atoms. The Morgan fingerprint density at radius 1 is 1.50 bits per heavy atom. The average Bonchev–Trinajstić information content (AvgIpc) is 2.33. The third-order valence-electron chi connectivity index (χ3n) is 2.28. The molecule has 1 heterocycles. The van der Waals surface area contributed by atoms with Crippen molar-refractivity contribution in [3.63, 3.8) is 0 Å². The molecule has 0 radical (unpaired) electrons. The lowest BCUT2D eigenvalue weighted by Crippen LogP contribution is -2.30. The van der Waals surface area contributed by atoms with Crippen LogP contribution in [0.5, 0.6) is 0 Å². The zero-order valence-corrected chi connectivity index (χ0v) is 11.2. The summed E-state index contributed by atoms with van der Waals surface area (Å²) in [7, 11) is 0. The highest BCUT2D eigenvalue weighted by atomic mass is 32.2. The Bertz CT molecular complexity index is 445. The summed E-state index contributed by atoms with van der Waals surface area (Å²) in [6, 6.07) is 1.41. The summed E-state index contributed by atoms with van der Waals surface area (Å²) in [5.41, 5.74) is 0.605. The van der Waals surface area contributed by atoms with Crippen LogP contribution < -0.4 is 10.7 Å². The van der Waals surface area contributed by atoms with Crippen LogP contribution in [-0.4, -0.2) is 40.7 Å². The van der Waals surface area contributed by atoms with Gasteiger partial charge in [-0.15, -0.1) is 0 Å². The molecule has 1 aromatic heterocycles. The molecule has 18 heavy (non-hydrogen) atoms. The largest absolute Gasteiger partial charge is 0.396 e. The molecule has 0 aliphatic carbocycles. The van der Waals surface area contributed by atoms with Gasteiger partial charge in [-0.2, -0.15) is 11.8 Å². The highest BCUT2D eigenvalue weighted by Crippen LogP contribution is 2.00. The van der Waals surface area contributed by atoms with E-state index >= 15 is 0 Å². The van der Waals surface area contributed by atoms with Gasteiger partial charge in [0.1, 0.15) is 5.56 Å². The van der Waals surface area contributed by atoms with Gasteiger partial charge in [-0.25, -0.2) is 0 Å². The van der Waals surface area contributed by atoms with Crippen molar-refractivity contribution in [2.75, 3.05) is 24.7 Å². The summed E-state index contributed by atoms with van der Waals surface area (Å²) in [5, 5.41) is 11.3. The fourth-order valence-electron chi connectivity index (χ4n) is 1.35. The van der Waals surface area contributed by atoms with E-state index in [2.05, 4.69) is 10.3 Å². The zero-order chi connectivity index (χ0) is 13.4. The van der Waals surface area contributed by atoms with Crippen LogP contribution in [0.3, 0.4) is 0 Å². The van der Waals surface area contributed by atoms with Gasteiger partial charge in [0, 0.05) is 36.9 Å². The van der Waals surface area contributed by atoms with E-state index in [-0.39, 0.29) is 23.5 Å². The maximum atomic E-state index is 11.7. The van der Waals surface area contributed by atoms with E-state index in [4.69, 9.17) is 5.11 Å². The molecule has 5 nitrogen and oxygen atoms in total. The number of H-pyrrole nitrogens is 1. The lowest BCUT2D eigenvalue weighted by atomic mass is 10.2. The first-order valence-corrected chi connectivity index (χ1v) is 6.96. The number of aromatic amines is 1. The Morgan fingerprint density at radius 2 is 2.28 bits per heavy atom. The summed E-state index contributed by atoms with van der Waals surface area (Å²) in [5.74, 6) is 1.30. The summed E-state index contributed by atoms with van der Waals surface area (Å²) >= 11 is 1.66. The van der Waals surface area contributed by atoms with Crippen molar-refractivity contribution in [3.8, 4) is 0 Å². The third-order valence-corrected chi connectivity index (χ3v) is 3.35. The van der Waals surface area contributed by atoms with Gasteiger partial charge in [0.05, 0.1) is 0 Å². The van der Waals surface area contributed by atoms with E-state index < -0.39 is 0 Å². The Hall–Kier alpha value is -1.27. The number of nitrogens with one attached hydrogen (secondary N) is 2. The quantitative estimate of drug-likeness (QED) is 0.631. The number of rotatable bonds is 7. The number of aromatic nitrogens is 1. The number of aliphatic hydroxyl groups excluding tert-OH is 1. The smallest absolute Gasteiger partial charge is 0.256 e. The summed E-state index contributed by atoms with van der Waals surface area (Å²) in [6.07, 6.45) is 2.20. The molecule has 100 valence electrons. The molecular formula is C12H18N2O3S. The first-order chi connectivity index (χ1) is 8.65. The SMILES string of the molecule is Cc1cc(=O)c(C(=O)NCCSCCCO)c[nH]1. The standard InChI is InChI=1S/C12H18N2O3S/c1-9-7-11(16)10(8-14-9)12(17)13-3-6-18-5-2-4-15/h7-8,15H,2-6H2,1H3,(H,13,17)(H,14,16). The van der Waals surface area contributed by atoms with Crippen molar-refractivity contribution in [2.24, 2.45) is 0 Å². The summed E-state index contributed by atoms with van der Waals surface area (Å²) < 4.78 is 0. The second kappa shape index (κ2) is 7.94. The number of pyridine rings is 1. The predicted molar refractivity (Wildman–Crippen MR) is 73.2 cm³/mol. The first-order valence-electron chi connectivity index (χ1n) is 5.81. The van der Waals surface area contributed by atoms with Crippen LogP contribution in [0.1, 0.15) is 22.5 Å². The van der Waals surface area contributed by atoms with Gasteiger partial charge in [-0.3, -0.25) is 9.59 Å². The molecule has 1 rings (SSSR count). The van der Waals surface area contributed by atoms with Crippen LogP contribution in [0.15, 0.2) is 17.1 Å². The Kier molecular flexibility index (Phi) is 6.53. The van der Waals surface area contributed by atoms with E-state index in [1.165, 1.54) is 12.3 Å². The van der Waals surface area contributed by atoms with Crippen molar-refractivity contribution in [1.82, 2.24) is 10.3 Å². The zero-order valence-electron chi connectivity index (χ0n) is 10.4. The minimum Gasteiger partial charge on any atom is -0.396 e. The molecule has 3 N–H and O–H groups in total. The topological polar surface area (TPSA) is 82.2 Å². The lowest BCUT2D eigenvalue weighted by molar-refractivity contribution is 0.0954. The second-order valence-electron chi connectivity index (χ2n) is 3.84. The van der Waals surface area contributed by atoms with Crippen molar-refractivity contribution in [3.05, 3.63) is 33.7 Å². The van der Waals surface area contributed by atoms with E-state index in [1.807, 2.05) is 0 Å². The molecule has 0 bridgehead atoms. The maximum absolute atomic E-state index is 11.7. The molecule has 0 fully saturated rings. The minimum atomic E-state index is -0.348. The van der Waals surface area contributed by atoms with Gasteiger partial charge in [-0.05, 0) is 19.1 Å². The molecule has 0 atom stereocenters. The van der Waals surface area contributed by atoms with Crippen LogP contribution in [-0.2, 0) is 0 Å². The number of carbonyl (C=O) groups is 1. The van der Waals surface area contributed by atoms with Gasteiger partial charge in [0.25, 0.3) is 5.91 Å². The third kappa shape index (κ3) is 4.93. The number of amides is 1. The van der Waals surface area contributed by atoms with E-state index in [9.17, 15) is 9.59 Å². The maximum Gasteiger partial charge on any atom is 0.256 e. The molecule has 0 unspecified atom stereocenters. The summed E-state index contributed by atoms with van der Waals surface area (Å²) in [6.45, 7) is 2.47. The number of hydrogen-bond acceptors (Lipinski definition) is 4. The number of aryl methyl sites for hydroxylation is 1. The van der Waals surface area contributed by atoms with E-state index in [0.717, 1.165) is 23.6 Å². The van der Waals surface area contributed by atoms with Crippen molar-refractivity contribution >= 4 is 17.7 Å². The van der Waals surface area contributed by atoms with E-state index in [1.54, 1.807) is 18.7 Å². The average molecular weight is 270 g/mol. The highest BCUT2D eigenvalue weighted by Gasteiger charge is 2.08. The fraction of sp³-hybridized carbons (Fsp3) is 0.500. The van der Waals surface area contributed by atoms with Crippen LogP contribution in [0.25, 0.3) is 0 Å². The fourth-order valence-corrected chi connectivity index (χ4v) is 2.14. The first kappa shape index (κ1) is 14.8. The Balaban J connectivity index is 2.34. The van der Waals surface area contributed by atoms with Gasteiger partial charge in [0.15, 0.2) is 5.43 Å². The molecule has 1 aromatic rings. The normalized spacial score (nSPS) is 10.3. The number of hydrogen-bond donors (Lipinski definition) is 3. The van der Waals surface area contributed by atoms with Gasteiger partial charge >= 0.3 is 0 Å². The molecule has 6 heteroatoms. The number of carbonyl (C=O) groups excluding carboxylic acids is 1. The van der Waals surface area contributed by atoms with Crippen LogP contribution >= 0.6 is 11.8 Å². The van der Waals surface area contributed by atoms with Crippen LogP contribution in [0.2, 0.25) is 0 Å². The molecule has 0 aliphatic heterocycles. The number of thioether (sulfide) groups is 1. The summed E-state index contributed by atoms with van der Waals surface area (Å²) in [4.78, 5) is 26.1. The molecular weight excluding hydrogens is 252 g/mol. The molecule has 0 aromatic carbocycles. The number of aliphatic hydroxyl groups is 1. The molecule has 0 aliphatic rings. The Morgan fingerprint density at radius 3 is 2.94 bits per heavy atom. The van der Waals surface area contributed by atoms with Crippen LogP contribution in [0, 0.1) is 6.92 Å². The van der Waals surface area contributed by atoms with Crippen LogP contribution in [0.4, 0.5) is 0 Å². The predicted octanol–water partition coefficient (Wildman–Crippen LogP) is 0.529. The van der Waals surface area contributed by atoms with Gasteiger partial charge in [0.2, 0.25) is 0 Å². The lowest BCUT2D eigenvalue weighted by Gasteiger charge is -2.04. The molecule has 0 saturated carbocycles. The van der Waals surface area contributed by atoms with Gasteiger partial charge < -0.3 is 15.4 Å². The van der Waals surface area contributed by atoms with Gasteiger partial charge in [-0.1, -0.05) is 0 Å².